The van der Waals surface area contributed by atoms with E-state index in [9.17, 15) is 4.79 Å². The monoisotopic (exact) mass is 204 g/mol. The summed E-state index contributed by atoms with van der Waals surface area (Å²) < 4.78 is 0. The van der Waals surface area contributed by atoms with Crippen LogP contribution in [0.25, 0.3) is 0 Å². The first-order valence-electron chi connectivity index (χ1n) is 4.61. The summed E-state index contributed by atoms with van der Waals surface area (Å²) in [7, 11) is 0. The second-order valence-corrected chi connectivity index (χ2v) is 4.39. The lowest BCUT2D eigenvalue weighted by Gasteiger charge is -2.14. The second-order valence-electron chi connectivity index (χ2n) is 3.41. The van der Waals surface area contributed by atoms with Crippen LogP contribution < -0.4 is 11.1 Å². The Labute approximate surface area is 84.8 Å². The Hall–Kier alpha value is -0.220. The van der Waals surface area contributed by atoms with Crippen LogP contribution in [-0.4, -0.2) is 30.5 Å². The standard InChI is InChI=1S/C9H20N2OS/c1-7(2)8(10)9(12)11-5-4-6-13-3/h7-8H,4-6,10H2,1-3H3,(H,11,12)/t8-/m1/s1. The summed E-state index contributed by atoms with van der Waals surface area (Å²) in [6, 6.07) is -0.366. The summed E-state index contributed by atoms with van der Waals surface area (Å²) in [4.78, 5) is 11.3. The molecule has 0 unspecified atom stereocenters. The molecule has 4 heteroatoms. The number of amides is 1. The number of nitrogens with one attached hydrogen (secondary N) is 1. The molecule has 0 aliphatic heterocycles. The van der Waals surface area contributed by atoms with Crippen molar-refractivity contribution >= 4 is 17.7 Å². The lowest BCUT2D eigenvalue weighted by molar-refractivity contribution is -0.123. The zero-order valence-corrected chi connectivity index (χ0v) is 9.49. The third-order valence-electron chi connectivity index (χ3n) is 1.85. The topological polar surface area (TPSA) is 55.1 Å². The fourth-order valence-corrected chi connectivity index (χ4v) is 1.28. The SMILES string of the molecule is CSCCCNC(=O)[C@H](N)C(C)C. The third kappa shape index (κ3) is 5.93. The van der Waals surface area contributed by atoms with Crippen LogP contribution in [0.1, 0.15) is 20.3 Å². The Kier molecular flexibility index (Phi) is 7.09. The van der Waals surface area contributed by atoms with Crippen LogP contribution in [0.3, 0.4) is 0 Å². The first-order chi connectivity index (χ1) is 6.09. The predicted octanol–water partition coefficient (Wildman–Crippen LogP) is 0.839. The minimum atomic E-state index is -0.366. The average molecular weight is 204 g/mol. The van der Waals surface area contributed by atoms with Crippen molar-refractivity contribution in [2.45, 2.75) is 26.3 Å². The highest BCUT2D eigenvalue weighted by molar-refractivity contribution is 7.98. The molecule has 0 spiro atoms. The lowest BCUT2D eigenvalue weighted by atomic mass is 10.1. The minimum absolute atomic E-state index is 0.0314. The van der Waals surface area contributed by atoms with Gasteiger partial charge in [-0.05, 0) is 24.3 Å². The number of nitrogens with two attached hydrogens (primary N) is 1. The van der Waals surface area contributed by atoms with Gasteiger partial charge in [0.05, 0.1) is 6.04 Å². The molecule has 3 nitrogen and oxygen atoms in total. The van der Waals surface area contributed by atoms with E-state index < -0.39 is 0 Å². The van der Waals surface area contributed by atoms with Gasteiger partial charge in [-0.1, -0.05) is 13.8 Å². The van der Waals surface area contributed by atoms with Crippen molar-refractivity contribution in [3.05, 3.63) is 0 Å². The highest BCUT2D eigenvalue weighted by atomic mass is 32.2. The van der Waals surface area contributed by atoms with Gasteiger partial charge in [0, 0.05) is 6.54 Å². The van der Waals surface area contributed by atoms with Crippen molar-refractivity contribution in [3.63, 3.8) is 0 Å². The van der Waals surface area contributed by atoms with Crippen molar-refractivity contribution in [2.75, 3.05) is 18.6 Å². The third-order valence-corrected chi connectivity index (χ3v) is 2.54. The van der Waals surface area contributed by atoms with E-state index in [1.54, 1.807) is 11.8 Å². The molecule has 0 aromatic heterocycles. The summed E-state index contributed by atoms with van der Waals surface area (Å²) in [6.07, 6.45) is 3.07. The molecule has 78 valence electrons. The highest BCUT2D eigenvalue weighted by Gasteiger charge is 2.15. The molecule has 0 saturated carbocycles. The molecule has 0 aromatic rings. The Bertz CT molecular complexity index is 151. The molecule has 0 bridgehead atoms. The van der Waals surface area contributed by atoms with E-state index in [2.05, 4.69) is 11.6 Å². The molecule has 13 heavy (non-hydrogen) atoms. The van der Waals surface area contributed by atoms with Gasteiger partial charge in [0.2, 0.25) is 5.91 Å². The molecule has 0 aliphatic carbocycles. The van der Waals surface area contributed by atoms with Gasteiger partial charge in [-0.3, -0.25) is 4.79 Å². The number of carbonyl (C=O) groups is 1. The first kappa shape index (κ1) is 12.8. The molecule has 0 aromatic carbocycles. The van der Waals surface area contributed by atoms with Gasteiger partial charge < -0.3 is 11.1 Å². The summed E-state index contributed by atoms with van der Waals surface area (Å²) in [5.74, 6) is 1.26. The molecule has 1 atom stereocenters. The van der Waals surface area contributed by atoms with Gasteiger partial charge in [-0.2, -0.15) is 11.8 Å². The van der Waals surface area contributed by atoms with Crippen molar-refractivity contribution in [2.24, 2.45) is 11.7 Å². The maximum absolute atomic E-state index is 11.3. The van der Waals surface area contributed by atoms with E-state index in [1.165, 1.54) is 0 Å². The number of hydrogen-bond acceptors (Lipinski definition) is 3. The van der Waals surface area contributed by atoms with E-state index in [0.29, 0.717) is 0 Å². The van der Waals surface area contributed by atoms with Crippen LogP contribution in [0.4, 0.5) is 0 Å². The summed E-state index contributed by atoms with van der Waals surface area (Å²) in [5.41, 5.74) is 5.66. The van der Waals surface area contributed by atoms with Crippen LogP contribution in [0.5, 0.6) is 0 Å². The summed E-state index contributed by atoms with van der Waals surface area (Å²) >= 11 is 1.79. The normalized spacial score (nSPS) is 13.0. The fraction of sp³-hybridized carbons (Fsp3) is 0.889. The van der Waals surface area contributed by atoms with Crippen molar-refractivity contribution < 1.29 is 4.79 Å². The molecule has 0 aliphatic rings. The molecule has 0 saturated heterocycles. The van der Waals surface area contributed by atoms with Gasteiger partial charge in [0.1, 0.15) is 0 Å². The predicted molar refractivity (Wildman–Crippen MR) is 58.8 cm³/mol. The van der Waals surface area contributed by atoms with Crippen LogP contribution in [0.2, 0.25) is 0 Å². The Balaban J connectivity index is 3.50. The van der Waals surface area contributed by atoms with Crippen molar-refractivity contribution in [1.29, 1.82) is 0 Å². The molecule has 0 rings (SSSR count). The van der Waals surface area contributed by atoms with Crippen LogP contribution in [0, 0.1) is 5.92 Å². The highest BCUT2D eigenvalue weighted by Crippen LogP contribution is 1.98. The fourth-order valence-electron chi connectivity index (χ4n) is 0.849. The van der Waals surface area contributed by atoms with E-state index in [-0.39, 0.29) is 17.9 Å². The minimum Gasteiger partial charge on any atom is -0.355 e. The number of hydrogen-bond donors (Lipinski definition) is 2. The largest absolute Gasteiger partial charge is 0.355 e. The maximum atomic E-state index is 11.3. The average Bonchev–Trinajstić information content (AvgIpc) is 2.10. The summed E-state index contributed by atoms with van der Waals surface area (Å²) in [5, 5.41) is 2.82. The summed E-state index contributed by atoms with van der Waals surface area (Å²) in [6.45, 7) is 4.64. The molecule has 3 N–H and O–H groups in total. The zero-order chi connectivity index (χ0) is 10.3. The number of thioether (sulfide) groups is 1. The van der Waals surface area contributed by atoms with Crippen LogP contribution >= 0.6 is 11.8 Å². The van der Waals surface area contributed by atoms with Gasteiger partial charge in [-0.25, -0.2) is 0 Å². The quantitative estimate of drug-likeness (QED) is 0.630. The number of carbonyl (C=O) groups excluding carboxylic acids is 1. The number of rotatable bonds is 6. The second kappa shape index (κ2) is 7.21. The van der Waals surface area contributed by atoms with E-state index in [4.69, 9.17) is 5.73 Å². The van der Waals surface area contributed by atoms with Crippen molar-refractivity contribution in [1.82, 2.24) is 5.32 Å². The van der Waals surface area contributed by atoms with Gasteiger partial charge >= 0.3 is 0 Å². The van der Waals surface area contributed by atoms with E-state index in [0.717, 1.165) is 18.7 Å². The zero-order valence-electron chi connectivity index (χ0n) is 8.67. The van der Waals surface area contributed by atoms with E-state index in [1.807, 2.05) is 13.8 Å². The smallest absolute Gasteiger partial charge is 0.237 e. The van der Waals surface area contributed by atoms with Gasteiger partial charge in [0.15, 0.2) is 0 Å². The first-order valence-corrected chi connectivity index (χ1v) is 6.01. The molecule has 0 fully saturated rings. The van der Waals surface area contributed by atoms with E-state index >= 15 is 0 Å². The molecular weight excluding hydrogens is 184 g/mol. The van der Waals surface area contributed by atoms with Gasteiger partial charge in [0.25, 0.3) is 0 Å². The lowest BCUT2D eigenvalue weighted by Crippen LogP contribution is -2.44. The molecular formula is C9H20N2OS. The Morgan fingerprint density at radius 1 is 1.54 bits per heavy atom. The van der Waals surface area contributed by atoms with Gasteiger partial charge in [-0.15, -0.1) is 0 Å². The van der Waals surface area contributed by atoms with Crippen LogP contribution in [0.15, 0.2) is 0 Å². The maximum Gasteiger partial charge on any atom is 0.237 e. The molecule has 0 heterocycles. The molecule has 0 radical (unpaired) electrons. The Morgan fingerprint density at radius 3 is 2.62 bits per heavy atom. The van der Waals surface area contributed by atoms with Crippen LogP contribution in [-0.2, 0) is 4.79 Å². The van der Waals surface area contributed by atoms with Crippen molar-refractivity contribution in [3.8, 4) is 0 Å². The molecule has 1 amide bonds. The Morgan fingerprint density at radius 2 is 2.15 bits per heavy atom.